The molecule has 2 rings (SSSR count). The number of hydrogen-bond donors (Lipinski definition) is 2. The standard InChI is InChI=1S/C20H27N3O3/c1-13(2)23(5)11-14(3)19(24)21-17-6-8-18(9-7-17)22-20(25)16-10-15(4)26-12-16/h6-10,12-14H,11H2,1-5H3,(H,21,24)(H,22,25). The fraction of sp³-hybridized carbons (Fsp3) is 0.400. The zero-order chi connectivity index (χ0) is 19.3. The van der Waals surface area contributed by atoms with Gasteiger partial charge in [0.25, 0.3) is 5.91 Å². The van der Waals surface area contributed by atoms with Crippen molar-refractivity contribution in [1.82, 2.24) is 4.90 Å². The third kappa shape index (κ3) is 5.46. The van der Waals surface area contributed by atoms with Gasteiger partial charge in [-0.1, -0.05) is 6.92 Å². The van der Waals surface area contributed by atoms with Gasteiger partial charge in [0.1, 0.15) is 12.0 Å². The van der Waals surface area contributed by atoms with Gasteiger partial charge < -0.3 is 20.0 Å². The van der Waals surface area contributed by atoms with Gasteiger partial charge in [-0.2, -0.15) is 0 Å². The van der Waals surface area contributed by atoms with Crippen LogP contribution in [-0.2, 0) is 4.79 Å². The lowest BCUT2D eigenvalue weighted by molar-refractivity contribution is -0.120. The molecule has 2 aromatic rings. The molecule has 0 fully saturated rings. The lowest BCUT2D eigenvalue weighted by atomic mass is 10.1. The van der Waals surface area contributed by atoms with Crippen LogP contribution in [0, 0.1) is 12.8 Å². The Morgan fingerprint density at radius 3 is 2.15 bits per heavy atom. The predicted molar refractivity (Wildman–Crippen MR) is 103 cm³/mol. The summed E-state index contributed by atoms with van der Waals surface area (Å²) >= 11 is 0. The van der Waals surface area contributed by atoms with Crippen molar-refractivity contribution in [3.8, 4) is 0 Å². The Hall–Kier alpha value is -2.60. The van der Waals surface area contributed by atoms with Gasteiger partial charge in [-0.05, 0) is 58.2 Å². The second-order valence-corrected chi connectivity index (χ2v) is 6.90. The number of hydrogen-bond acceptors (Lipinski definition) is 4. The van der Waals surface area contributed by atoms with Crippen LogP contribution in [-0.4, -0.2) is 36.3 Å². The minimum absolute atomic E-state index is 0.0249. The minimum Gasteiger partial charge on any atom is -0.469 e. The molecule has 6 nitrogen and oxygen atoms in total. The van der Waals surface area contributed by atoms with E-state index in [1.165, 1.54) is 6.26 Å². The summed E-state index contributed by atoms with van der Waals surface area (Å²) in [7, 11) is 2.01. The summed E-state index contributed by atoms with van der Waals surface area (Å²) < 4.78 is 5.14. The van der Waals surface area contributed by atoms with Crippen molar-refractivity contribution < 1.29 is 14.0 Å². The monoisotopic (exact) mass is 357 g/mol. The highest BCUT2D eigenvalue weighted by atomic mass is 16.3. The number of aryl methyl sites for hydroxylation is 1. The lowest BCUT2D eigenvalue weighted by Gasteiger charge is -2.24. The summed E-state index contributed by atoms with van der Waals surface area (Å²) in [5, 5.41) is 5.70. The van der Waals surface area contributed by atoms with Gasteiger partial charge in [-0.25, -0.2) is 0 Å². The Balaban J connectivity index is 1.90. The van der Waals surface area contributed by atoms with E-state index < -0.39 is 0 Å². The Kier molecular flexibility index (Phi) is 6.58. The van der Waals surface area contributed by atoms with E-state index in [-0.39, 0.29) is 17.7 Å². The molecule has 2 N–H and O–H groups in total. The highest BCUT2D eigenvalue weighted by Crippen LogP contribution is 2.16. The van der Waals surface area contributed by atoms with Crippen molar-refractivity contribution in [1.29, 1.82) is 0 Å². The second-order valence-electron chi connectivity index (χ2n) is 6.90. The number of nitrogens with one attached hydrogen (secondary N) is 2. The lowest BCUT2D eigenvalue weighted by Crippen LogP contribution is -2.35. The van der Waals surface area contributed by atoms with Crippen LogP contribution in [0.1, 0.15) is 36.9 Å². The first kappa shape index (κ1) is 19.7. The third-order valence-electron chi connectivity index (χ3n) is 4.29. The highest BCUT2D eigenvalue weighted by molar-refractivity contribution is 6.04. The molecule has 6 heteroatoms. The van der Waals surface area contributed by atoms with Crippen molar-refractivity contribution in [3.63, 3.8) is 0 Å². The van der Waals surface area contributed by atoms with E-state index in [2.05, 4.69) is 29.4 Å². The van der Waals surface area contributed by atoms with Gasteiger partial charge in [0.15, 0.2) is 0 Å². The van der Waals surface area contributed by atoms with Crippen molar-refractivity contribution in [2.24, 2.45) is 5.92 Å². The fourth-order valence-corrected chi connectivity index (χ4v) is 2.39. The fourth-order valence-electron chi connectivity index (χ4n) is 2.39. The molecule has 140 valence electrons. The van der Waals surface area contributed by atoms with Gasteiger partial charge in [0.05, 0.1) is 5.56 Å². The third-order valence-corrected chi connectivity index (χ3v) is 4.29. The molecule has 1 unspecified atom stereocenters. The van der Waals surface area contributed by atoms with Crippen LogP contribution in [0.4, 0.5) is 11.4 Å². The molecule has 0 aliphatic rings. The SMILES string of the molecule is Cc1cc(C(=O)Nc2ccc(NC(=O)C(C)CN(C)C(C)C)cc2)co1. The van der Waals surface area contributed by atoms with Gasteiger partial charge in [0, 0.05) is 29.9 Å². The Morgan fingerprint density at radius 1 is 1.08 bits per heavy atom. The summed E-state index contributed by atoms with van der Waals surface area (Å²) in [5.41, 5.74) is 1.83. The molecule has 2 amide bonds. The average molecular weight is 357 g/mol. The topological polar surface area (TPSA) is 74.6 Å². The van der Waals surface area contributed by atoms with Crippen molar-refractivity contribution in [3.05, 3.63) is 47.9 Å². The van der Waals surface area contributed by atoms with Gasteiger partial charge in [-0.3, -0.25) is 9.59 Å². The summed E-state index contributed by atoms with van der Waals surface area (Å²) in [5.74, 6) is 0.309. The molecule has 0 saturated heterocycles. The van der Waals surface area contributed by atoms with Crippen LogP contribution in [0.3, 0.4) is 0 Å². The molecule has 0 radical (unpaired) electrons. The van der Waals surface area contributed by atoms with Gasteiger partial charge in [-0.15, -0.1) is 0 Å². The molecule has 26 heavy (non-hydrogen) atoms. The van der Waals surface area contributed by atoms with Crippen molar-refractivity contribution in [2.45, 2.75) is 33.7 Å². The van der Waals surface area contributed by atoms with Crippen LogP contribution in [0.15, 0.2) is 41.0 Å². The molecule has 0 aliphatic heterocycles. The van der Waals surface area contributed by atoms with E-state index in [0.717, 1.165) is 0 Å². The van der Waals surface area contributed by atoms with Gasteiger partial charge in [0.2, 0.25) is 5.91 Å². The number of carbonyl (C=O) groups is 2. The molecule has 1 aromatic carbocycles. The number of anilines is 2. The molecule has 1 atom stereocenters. The molecule has 1 heterocycles. The number of amides is 2. The van der Waals surface area contributed by atoms with Gasteiger partial charge >= 0.3 is 0 Å². The maximum atomic E-state index is 12.3. The predicted octanol–water partition coefficient (Wildman–Crippen LogP) is 3.76. The molecule has 0 spiro atoms. The van der Waals surface area contributed by atoms with E-state index in [1.807, 2.05) is 14.0 Å². The van der Waals surface area contributed by atoms with Crippen LogP contribution in [0.2, 0.25) is 0 Å². The molecule has 0 saturated carbocycles. The Morgan fingerprint density at radius 2 is 1.65 bits per heavy atom. The highest BCUT2D eigenvalue weighted by Gasteiger charge is 2.16. The first-order chi connectivity index (χ1) is 12.3. The molecule has 0 bridgehead atoms. The number of carbonyl (C=O) groups excluding carboxylic acids is 2. The zero-order valence-electron chi connectivity index (χ0n) is 16.0. The van der Waals surface area contributed by atoms with Crippen LogP contribution in [0.5, 0.6) is 0 Å². The Bertz CT molecular complexity index is 750. The number of furan rings is 1. The van der Waals surface area contributed by atoms with Crippen LogP contribution >= 0.6 is 0 Å². The van der Waals surface area contributed by atoms with Crippen molar-refractivity contribution >= 4 is 23.2 Å². The van der Waals surface area contributed by atoms with E-state index >= 15 is 0 Å². The van der Waals surface area contributed by atoms with E-state index in [4.69, 9.17) is 4.42 Å². The quantitative estimate of drug-likeness (QED) is 0.791. The molecular formula is C20H27N3O3. The largest absolute Gasteiger partial charge is 0.469 e. The number of benzene rings is 1. The zero-order valence-corrected chi connectivity index (χ0v) is 16.0. The van der Waals surface area contributed by atoms with Crippen molar-refractivity contribution in [2.75, 3.05) is 24.2 Å². The van der Waals surface area contributed by atoms with E-state index in [9.17, 15) is 9.59 Å². The first-order valence-electron chi connectivity index (χ1n) is 8.74. The maximum absolute atomic E-state index is 12.3. The normalized spacial score (nSPS) is 12.3. The van der Waals surface area contributed by atoms with E-state index in [0.29, 0.717) is 35.3 Å². The number of nitrogens with zero attached hydrogens (tertiary/aromatic N) is 1. The summed E-state index contributed by atoms with van der Waals surface area (Å²) in [6, 6.07) is 9.13. The molecular weight excluding hydrogens is 330 g/mol. The second kappa shape index (κ2) is 8.67. The van der Waals surface area contributed by atoms with Crippen LogP contribution < -0.4 is 10.6 Å². The Labute approximate surface area is 154 Å². The summed E-state index contributed by atoms with van der Waals surface area (Å²) in [4.78, 5) is 26.5. The smallest absolute Gasteiger partial charge is 0.258 e. The average Bonchev–Trinajstić information content (AvgIpc) is 3.03. The van der Waals surface area contributed by atoms with Crippen LogP contribution in [0.25, 0.3) is 0 Å². The first-order valence-corrected chi connectivity index (χ1v) is 8.74. The van der Waals surface area contributed by atoms with E-state index in [1.54, 1.807) is 37.3 Å². The number of rotatable bonds is 7. The summed E-state index contributed by atoms with van der Waals surface area (Å²) in [6.07, 6.45) is 1.43. The molecule has 1 aromatic heterocycles. The minimum atomic E-state index is -0.232. The molecule has 0 aliphatic carbocycles. The summed E-state index contributed by atoms with van der Waals surface area (Å²) in [6.45, 7) is 8.59. The maximum Gasteiger partial charge on any atom is 0.258 e.